The topological polar surface area (TPSA) is 76.1 Å². The molecule has 0 aliphatic heterocycles. The molecule has 4 nitrogen and oxygen atoms in total. The molecule has 0 amide bonds. The van der Waals surface area contributed by atoms with Gasteiger partial charge in [-0.15, -0.1) is 0 Å². The van der Waals surface area contributed by atoms with Crippen LogP contribution in [0.5, 0.6) is 0 Å². The molecule has 0 bridgehead atoms. The fraction of sp³-hybridized carbons (Fsp3) is 1.00. The largest absolute Gasteiger partial charge is 0.330 e. The molecule has 0 heterocycles. The Labute approximate surface area is 164 Å². The minimum atomic E-state index is 0.806. The Bertz CT molecular complexity index is 212. The Kier molecular flexibility index (Phi) is 24.7. The maximum Gasteiger partial charge on any atom is -0.00369 e. The van der Waals surface area contributed by atoms with E-state index in [1.54, 1.807) is 0 Å². The van der Waals surface area contributed by atoms with Crippen molar-refractivity contribution in [1.82, 2.24) is 10.6 Å². The number of unbranched alkanes of at least 4 members (excludes halogenated alkanes) is 13. The van der Waals surface area contributed by atoms with E-state index in [4.69, 9.17) is 11.5 Å². The van der Waals surface area contributed by atoms with E-state index in [-0.39, 0.29) is 0 Å². The summed E-state index contributed by atoms with van der Waals surface area (Å²) in [7, 11) is 0. The molecule has 0 fully saturated rings. The summed E-state index contributed by atoms with van der Waals surface area (Å²) in [4.78, 5) is 0. The smallest absolute Gasteiger partial charge is 0.00369 e. The highest BCUT2D eigenvalue weighted by Gasteiger charge is 1.95. The number of nitrogens with one attached hydrogen (secondary N) is 2. The van der Waals surface area contributed by atoms with Crippen molar-refractivity contribution >= 4 is 0 Å². The summed E-state index contributed by atoms with van der Waals surface area (Å²) >= 11 is 0. The molecular weight excluding hydrogens is 320 g/mol. The number of nitrogens with two attached hydrogens (primary N) is 2. The van der Waals surface area contributed by atoms with Crippen LogP contribution in [0.25, 0.3) is 0 Å². The molecule has 158 valence electrons. The molecule has 0 spiro atoms. The van der Waals surface area contributed by atoms with Gasteiger partial charge < -0.3 is 22.1 Å². The van der Waals surface area contributed by atoms with E-state index in [1.165, 1.54) is 103 Å². The highest BCUT2D eigenvalue weighted by molar-refractivity contribution is 4.53. The number of hydrogen-bond donors (Lipinski definition) is 4. The Morgan fingerprint density at radius 2 is 0.538 bits per heavy atom. The maximum atomic E-state index is 5.47. The Balaban J connectivity index is 2.95. The molecule has 0 rings (SSSR count). The van der Waals surface area contributed by atoms with Gasteiger partial charge in [0.15, 0.2) is 0 Å². The van der Waals surface area contributed by atoms with Crippen LogP contribution in [0.15, 0.2) is 0 Å². The van der Waals surface area contributed by atoms with Crippen LogP contribution in [0.3, 0.4) is 0 Å². The minimum Gasteiger partial charge on any atom is -0.330 e. The monoisotopic (exact) mass is 370 g/mol. The van der Waals surface area contributed by atoms with E-state index in [2.05, 4.69) is 10.6 Å². The molecule has 0 radical (unpaired) electrons. The molecule has 0 saturated heterocycles. The third-order valence-corrected chi connectivity index (χ3v) is 5.07. The zero-order valence-corrected chi connectivity index (χ0v) is 17.7. The van der Waals surface area contributed by atoms with Crippen molar-refractivity contribution in [2.24, 2.45) is 11.5 Å². The van der Waals surface area contributed by atoms with Gasteiger partial charge in [0.25, 0.3) is 0 Å². The van der Waals surface area contributed by atoms with Gasteiger partial charge in [0, 0.05) is 0 Å². The van der Waals surface area contributed by atoms with Crippen molar-refractivity contribution in [3.05, 3.63) is 0 Å². The predicted molar refractivity (Wildman–Crippen MR) is 118 cm³/mol. The SMILES string of the molecule is NCCCNCCCCCCCCCCCCCCCCNCCCN. The highest BCUT2D eigenvalue weighted by Crippen LogP contribution is 2.12. The maximum absolute atomic E-state index is 5.47. The van der Waals surface area contributed by atoms with E-state index in [0.29, 0.717) is 0 Å². The molecule has 0 aliphatic rings. The molecule has 0 aliphatic carbocycles. The van der Waals surface area contributed by atoms with E-state index in [1.807, 2.05) is 0 Å². The number of rotatable bonds is 23. The third kappa shape index (κ3) is 23.8. The molecule has 0 aromatic carbocycles. The zero-order chi connectivity index (χ0) is 19.0. The first-order chi connectivity index (χ1) is 12.9. The summed E-state index contributed by atoms with van der Waals surface area (Å²) in [6.45, 7) is 6.13. The van der Waals surface area contributed by atoms with Crippen molar-refractivity contribution in [2.75, 3.05) is 39.3 Å². The van der Waals surface area contributed by atoms with Crippen LogP contribution < -0.4 is 22.1 Å². The lowest BCUT2D eigenvalue weighted by molar-refractivity contribution is 0.523. The highest BCUT2D eigenvalue weighted by atomic mass is 14.8. The Morgan fingerprint density at radius 1 is 0.308 bits per heavy atom. The van der Waals surface area contributed by atoms with Crippen molar-refractivity contribution < 1.29 is 0 Å². The lowest BCUT2D eigenvalue weighted by Gasteiger charge is -2.05. The molecule has 6 N–H and O–H groups in total. The van der Waals surface area contributed by atoms with Crippen LogP contribution in [0, 0.1) is 0 Å². The van der Waals surface area contributed by atoms with Gasteiger partial charge in [-0.2, -0.15) is 0 Å². The standard InChI is InChI=1S/C22H50N4/c23-17-15-21-25-19-13-11-9-7-5-3-1-2-4-6-8-10-12-14-20-26-22-16-18-24/h25-26H,1-24H2. The van der Waals surface area contributed by atoms with Crippen LogP contribution >= 0.6 is 0 Å². The van der Waals surface area contributed by atoms with Gasteiger partial charge in [-0.25, -0.2) is 0 Å². The van der Waals surface area contributed by atoms with Crippen LogP contribution in [0.1, 0.15) is 103 Å². The second kappa shape index (κ2) is 24.8. The zero-order valence-electron chi connectivity index (χ0n) is 17.7. The van der Waals surface area contributed by atoms with Crippen molar-refractivity contribution in [3.63, 3.8) is 0 Å². The average Bonchev–Trinajstić information content (AvgIpc) is 2.66. The van der Waals surface area contributed by atoms with Crippen molar-refractivity contribution in [1.29, 1.82) is 0 Å². The molecule has 0 aromatic rings. The van der Waals surface area contributed by atoms with E-state index >= 15 is 0 Å². The summed E-state index contributed by atoms with van der Waals surface area (Å²) in [5, 5.41) is 6.91. The van der Waals surface area contributed by atoms with Crippen LogP contribution in [0.2, 0.25) is 0 Å². The van der Waals surface area contributed by atoms with E-state index in [9.17, 15) is 0 Å². The van der Waals surface area contributed by atoms with Crippen LogP contribution in [-0.2, 0) is 0 Å². The van der Waals surface area contributed by atoms with Gasteiger partial charge in [-0.3, -0.25) is 0 Å². The molecule has 26 heavy (non-hydrogen) atoms. The van der Waals surface area contributed by atoms with Crippen LogP contribution in [-0.4, -0.2) is 39.3 Å². The minimum absolute atomic E-state index is 0.806. The molecule has 0 atom stereocenters. The van der Waals surface area contributed by atoms with E-state index < -0.39 is 0 Å². The lowest BCUT2D eigenvalue weighted by atomic mass is 10.0. The molecular formula is C22H50N4. The summed E-state index contributed by atoms with van der Waals surface area (Å²) in [6.07, 6.45) is 22.0. The average molecular weight is 371 g/mol. The Hall–Kier alpha value is -0.160. The molecule has 0 saturated carbocycles. The first kappa shape index (κ1) is 25.8. The van der Waals surface area contributed by atoms with Gasteiger partial charge in [0.05, 0.1) is 0 Å². The van der Waals surface area contributed by atoms with Gasteiger partial charge in [-0.1, -0.05) is 77.0 Å². The first-order valence-corrected chi connectivity index (χ1v) is 11.7. The van der Waals surface area contributed by atoms with Gasteiger partial charge in [0.2, 0.25) is 0 Å². The molecule has 4 heteroatoms. The fourth-order valence-corrected chi connectivity index (χ4v) is 3.33. The summed E-state index contributed by atoms with van der Waals surface area (Å²) in [5.74, 6) is 0. The lowest BCUT2D eigenvalue weighted by Crippen LogP contribution is -2.19. The van der Waals surface area contributed by atoms with Gasteiger partial charge >= 0.3 is 0 Å². The summed E-state index contributed by atoms with van der Waals surface area (Å²) in [5.41, 5.74) is 10.9. The normalized spacial score (nSPS) is 11.3. The first-order valence-electron chi connectivity index (χ1n) is 11.7. The van der Waals surface area contributed by atoms with Gasteiger partial charge in [-0.05, 0) is 65.0 Å². The summed E-state index contributed by atoms with van der Waals surface area (Å²) < 4.78 is 0. The predicted octanol–water partition coefficient (Wildman–Crippen LogP) is 4.32. The molecule has 0 unspecified atom stereocenters. The van der Waals surface area contributed by atoms with E-state index in [0.717, 1.165) is 39.0 Å². The Morgan fingerprint density at radius 3 is 0.808 bits per heavy atom. The second-order valence-electron chi connectivity index (χ2n) is 7.73. The number of hydrogen-bond acceptors (Lipinski definition) is 4. The van der Waals surface area contributed by atoms with Crippen LogP contribution in [0.4, 0.5) is 0 Å². The third-order valence-electron chi connectivity index (χ3n) is 5.07. The molecule has 0 aromatic heterocycles. The second-order valence-corrected chi connectivity index (χ2v) is 7.73. The van der Waals surface area contributed by atoms with Crippen molar-refractivity contribution in [2.45, 2.75) is 103 Å². The fourth-order valence-electron chi connectivity index (χ4n) is 3.33. The van der Waals surface area contributed by atoms with Crippen molar-refractivity contribution in [3.8, 4) is 0 Å². The quantitative estimate of drug-likeness (QED) is 0.202. The van der Waals surface area contributed by atoms with Gasteiger partial charge in [0.1, 0.15) is 0 Å². The summed E-state index contributed by atoms with van der Waals surface area (Å²) in [6, 6.07) is 0.